The molecule has 1 heterocycles. The molecule has 0 radical (unpaired) electrons. The van der Waals surface area contributed by atoms with Crippen LogP contribution in [-0.4, -0.2) is 36.3 Å². The van der Waals surface area contributed by atoms with E-state index < -0.39 is 0 Å². The van der Waals surface area contributed by atoms with E-state index in [9.17, 15) is 9.59 Å². The number of amides is 2. The van der Waals surface area contributed by atoms with E-state index in [2.05, 4.69) is 10.6 Å². The molecule has 0 atom stereocenters. The zero-order valence-corrected chi connectivity index (χ0v) is 19.3. The monoisotopic (exact) mass is 457 g/mol. The van der Waals surface area contributed by atoms with Gasteiger partial charge in [0.1, 0.15) is 12.4 Å². The second kappa shape index (κ2) is 11.9. The number of anilines is 2. The van der Waals surface area contributed by atoms with E-state index in [0.29, 0.717) is 17.9 Å². The molecule has 2 N–H and O–H groups in total. The SMILES string of the molecule is O=C(CNc1ccc(OCc2ccccc2)cc1)Nc1cccc(C(=O)N2CCCCCC2)c1. The summed E-state index contributed by atoms with van der Waals surface area (Å²) < 4.78 is 5.79. The molecule has 1 aliphatic heterocycles. The van der Waals surface area contributed by atoms with E-state index in [1.54, 1.807) is 12.1 Å². The molecule has 6 nitrogen and oxygen atoms in total. The Kier molecular flexibility index (Phi) is 8.17. The van der Waals surface area contributed by atoms with Gasteiger partial charge < -0.3 is 20.3 Å². The van der Waals surface area contributed by atoms with Crippen LogP contribution in [0, 0.1) is 0 Å². The number of carbonyl (C=O) groups is 2. The summed E-state index contributed by atoms with van der Waals surface area (Å²) in [4.78, 5) is 27.2. The fourth-order valence-electron chi connectivity index (χ4n) is 3.98. The van der Waals surface area contributed by atoms with Gasteiger partial charge >= 0.3 is 0 Å². The number of hydrogen-bond acceptors (Lipinski definition) is 4. The molecule has 0 aromatic heterocycles. The number of nitrogens with one attached hydrogen (secondary N) is 2. The number of carbonyl (C=O) groups excluding carboxylic acids is 2. The highest BCUT2D eigenvalue weighted by molar-refractivity contribution is 5.98. The van der Waals surface area contributed by atoms with Crippen LogP contribution in [0.3, 0.4) is 0 Å². The molecule has 1 saturated heterocycles. The molecule has 1 fully saturated rings. The molecule has 3 aromatic carbocycles. The minimum atomic E-state index is -0.177. The Morgan fingerprint density at radius 1 is 0.794 bits per heavy atom. The largest absolute Gasteiger partial charge is 0.489 e. The maximum absolute atomic E-state index is 12.8. The van der Waals surface area contributed by atoms with E-state index in [4.69, 9.17) is 4.74 Å². The quantitative estimate of drug-likeness (QED) is 0.480. The van der Waals surface area contributed by atoms with Gasteiger partial charge in [0.15, 0.2) is 0 Å². The van der Waals surface area contributed by atoms with Crippen molar-refractivity contribution < 1.29 is 14.3 Å². The molecule has 34 heavy (non-hydrogen) atoms. The van der Waals surface area contributed by atoms with Crippen LogP contribution in [0.1, 0.15) is 41.6 Å². The van der Waals surface area contributed by atoms with Crippen LogP contribution >= 0.6 is 0 Å². The highest BCUT2D eigenvalue weighted by atomic mass is 16.5. The lowest BCUT2D eigenvalue weighted by atomic mass is 10.1. The molecule has 0 aliphatic carbocycles. The Morgan fingerprint density at radius 3 is 2.26 bits per heavy atom. The van der Waals surface area contributed by atoms with Crippen molar-refractivity contribution in [2.75, 3.05) is 30.3 Å². The minimum absolute atomic E-state index is 0.0331. The Bertz CT molecular complexity index is 1080. The molecule has 6 heteroatoms. The zero-order valence-electron chi connectivity index (χ0n) is 19.3. The van der Waals surface area contributed by atoms with E-state index in [1.807, 2.05) is 71.6 Å². The summed E-state index contributed by atoms with van der Waals surface area (Å²) in [5, 5.41) is 5.99. The van der Waals surface area contributed by atoms with Crippen LogP contribution in [0.25, 0.3) is 0 Å². The number of ether oxygens (including phenoxy) is 1. The fraction of sp³-hybridized carbons (Fsp3) is 0.286. The van der Waals surface area contributed by atoms with Crippen LogP contribution in [0.15, 0.2) is 78.9 Å². The van der Waals surface area contributed by atoms with Gasteiger partial charge in [0.05, 0.1) is 6.54 Å². The second-order valence-electron chi connectivity index (χ2n) is 8.49. The molecular weight excluding hydrogens is 426 g/mol. The lowest BCUT2D eigenvalue weighted by molar-refractivity contribution is -0.114. The predicted octanol–water partition coefficient (Wildman–Crippen LogP) is 5.33. The molecule has 0 bridgehead atoms. The number of likely N-dealkylation sites (tertiary alicyclic amines) is 1. The summed E-state index contributed by atoms with van der Waals surface area (Å²) in [5.74, 6) is 0.624. The van der Waals surface area contributed by atoms with E-state index >= 15 is 0 Å². The van der Waals surface area contributed by atoms with Crippen LogP contribution in [-0.2, 0) is 11.4 Å². The van der Waals surface area contributed by atoms with Crippen LogP contribution in [0.2, 0.25) is 0 Å². The lowest BCUT2D eigenvalue weighted by Gasteiger charge is -2.20. The molecule has 2 amide bonds. The smallest absolute Gasteiger partial charge is 0.253 e. The average Bonchev–Trinajstić information content (AvgIpc) is 3.17. The van der Waals surface area contributed by atoms with Gasteiger partial charge in [-0.05, 0) is 60.9 Å². The highest BCUT2D eigenvalue weighted by Crippen LogP contribution is 2.18. The van der Waals surface area contributed by atoms with Gasteiger partial charge in [-0.1, -0.05) is 49.2 Å². The first-order valence-corrected chi connectivity index (χ1v) is 11.9. The van der Waals surface area contributed by atoms with Crippen molar-refractivity contribution in [3.63, 3.8) is 0 Å². The maximum Gasteiger partial charge on any atom is 0.253 e. The van der Waals surface area contributed by atoms with E-state index in [0.717, 1.165) is 42.9 Å². The van der Waals surface area contributed by atoms with Crippen LogP contribution in [0.4, 0.5) is 11.4 Å². The Hall–Kier alpha value is -3.80. The molecule has 0 saturated carbocycles. The molecule has 0 spiro atoms. The van der Waals surface area contributed by atoms with Gasteiger partial charge in [0, 0.05) is 30.0 Å². The number of hydrogen-bond donors (Lipinski definition) is 2. The predicted molar refractivity (Wildman–Crippen MR) is 135 cm³/mol. The molecule has 4 rings (SSSR count). The third-order valence-electron chi connectivity index (χ3n) is 5.84. The number of nitrogens with zero attached hydrogens (tertiary/aromatic N) is 1. The van der Waals surface area contributed by atoms with Crippen molar-refractivity contribution in [3.8, 4) is 5.75 Å². The maximum atomic E-state index is 12.8. The van der Waals surface area contributed by atoms with Crippen molar-refractivity contribution in [1.29, 1.82) is 0 Å². The van der Waals surface area contributed by atoms with Gasteiger partial charge in [-0.3, -0.25) is 9.59 Å². The average molecular weight is 458 g/mol. The van der Waals surface area contributed by atoms with E-state index in [1.165, 1.54) is 12.8 Å². The molecule has 1 aliphatic rings. The minimum Gasteiger partial charge on any atom is -0.489 e. The van der Waals surface area contributed by atoms with Crippen LogP contribution < -0.4 is 15.4 Å². The van der Waals surface area contributed by atoms with Crippen molar-refractivity contribution in [1.82, 2.24) is 4.90 Å². The summed E-state index contributed by atoms with van der Waals surface area (Å²) in [6.45, 7) is 2.23. The van der Waals surface area contributed by atoms with E-state index in [-0.39, 0.29) is 18.4 Å². The Morgan fingerprint density at radius 2 is 1.53 bits per heavy atom. The van der Waals surface area contributed by atoms with Gasteiger partial charge in [0.2, 0.25) is 5.91 Å². The lowest BCUT2D eigenvalue weighted by Crippen LogP contribution is -2.31. The third-order valence-corrected chi connectivity index (χ3v) is 5.84. The van der Waals surface area contributed by atoms with Crippen molar-refractivity contribution >= 4 is 23.2 Å². The van der Waals surface area contributed by atoms with Gasteiger partial charge in [0.25, 0.3) is 5.91 Å². The van der Waals surface area contributed by atoms with Gasteiger partial charge in [-0.15, -0.1) is 0 Å². The summed E-state index contributed by atoms with van der Waals surface area (Å²) >= 11 is 0. The molecule has 3 aromatic rings. The second-order valence-corrected chi connectivity index (χ2v) is 8.49. The summed E-state index contributed by atoms with van der Waals surface area (Å²) in [5.41, 5.74) is 3.17. The van der Waals surface area contributed by atoms with Gasteiger partial charge in [-0.2, -0.15) is 0 Å². The number of rotatable bonds is 8. The first-order chi connectivity index (χ1) is 16.7. The third kappa shape index (κ3) is 6.85. The first-order valence-electron chi connectivity index (χ1n) is 11.9. The normalized spacial score (nSPS) is 13.6. The Labute approximate surface area is 200 Å². The number of benzene rings is 3. The summed E-state index contributed by atoms with van der Waals surface area (Å²) in [7, 11) is 0. The Balaban J connectivity index is 1.25. The van der Waals surface area contributed by atoms with Crippen molar-refractivity contribution in [2.45, 2.75) is 32.3 Å². The van der Waals surface area contributed by atoms with Crippen molar-refractivity contribution in [3.05, 3.63) is 90.0 Å². The summed E-state index contributed by atoms with van der Waals surface area (Å²) in [6, 6.07) is 24.7. The highest BCUT2D eigenvalue weighted by Gasteiger charge is 2.17. The standard InChI is InChI=1S/C28H31N3O3/c32-27(20-29-24-13-15-26(16-14-24)34-21-22-9-4-3-5-10-22)30-25-12-8-11-23(19-25)28(33)31-17-6-1-2-7-18-31/h3-5,8-16,19,29H,1-2,6-7,17-18,20-21H2,(H,30,32). The zero-order chi connectivity index (χ0) is 23.6. The first kappa shape index (κ1) is 23.4. The fourth-order valence-corrected chi connectivity index (χ4v) is 3.98. The molecule has 176 valence electrons. The van der Waals surface area contributed by atoms with Crippen molar-refractivity contribution in [2.24, 2.45) is 0 Å². The van der Waals surface area contributed by atoms with Gasteiger partial charge in [-0.25, -0.2) is 0 Å². The van der Waals surface area contributed by atoms with Crippen LogP contribution in [0.5, 0.6) is 5.75 Å². The molecule has 0 unspecified atom stereocenters. The summed E-state index contributed by atoms with van der Waals surface area (Å²) in [6.07, 6.45) is 4.45. The molecular formula is C28H31N3O3. The topological polar surface area (TPSA) is 70.7 Å².